The van der Waals surface area contributed by atoms with Crippen LogP contribution >= 0.6 is 94.2 Å². The Labute approximate surface area is 805 Å². The molecule has 671 valence electrons. The van der Waals surface area contributed by atoms with E-state index >= 15 is 0 Å². The first-order valence-electron chi connectivity index (χ1n) is 43.5. The molecule has 2 aliphatic rings. The van der Waals surface area contributed by atoms with Crippen LogP contribution in [-0.2, 0) is 0 Å². The van der Waals surface area contributed by atoms with Crippen LogP contribution in [0.3, 0.4) is 0 Å². The Hall–Kier alpha value is -11.9. The molecule has 32 heteroatoms. The summed E-state index contributed by atoms with van der Waals surface area (Å²) in [6, 6.07) is 61.9. The van der Waals surface area contributed by atoms with E-state index in [2.05, 4.69) is 195 Å². The zero-order chi connectivity index (χ0) is 93.2. The topological polar surface area (TPSA) is 284 Å². The van der Waals surface area contributed by atoms with Crippen molar-refractivity contribution >= 4 is 190 Å². The van der Waals surface area contributed by atoms with Crippen LogP contribution in [0, 0.1) is 13.8 Å². The van der Waals surface area contributed by atoms with E-state index < -0.39 is 16.9 Å². The van der Waals surface area contributed by atoms with Crippen LogP contribution < -0.4 is 42.8 Å². The van der Waals surface area contributed by atoms with Gasteiger partial charge in [-0.3, -0.25) is 38.2 Å². The predicted molar refractivity (Wildman–Crippen MR) is 545 cm³/mol. The van der Waals surface area contributed by atoms with E-state index in [-0.39, 0.29) is 35.1 Å². The normalized spacial score (nSPS) is 12.9. The number of para-hydroxylation sites is 5. The van der Waals surface area contributed by atoms with Gasteiger partial charge in [0.15, 0.2) is 5.82 Å². The maximum absolute atomic E-state index is 13.8. The lowest BCUT2D eigenvalue weighted by Gasteiger charge is -2.29. The molecule has 0 spiro atoms. The largest absolute Gasteiger partial charge is 0.569 e. The third kappa shape index (κ3) is 18.9. The number of aromatic nitrogens is 15. The molecule has 11 aromatic carbocycles. The second-order valence-corrected chi connectivity index (χ2v) is 37.9. The van der Waals surface area contributed by atoms with Crippen LogP contribution in [0.15, 0.2) is 244 Å². The summed E-state index contributed by atoms with van der Waals surface area (Å²) < 4.78 is 15.3. The van der Waals surface area contributed by atoms with E-state index in [1.54, 1.807) is 42.8 Å². The van der Waals surface area contributed by atoms with Crippen LogP contribution in [0.4, 0.5) is 11.6 Å². The average Bonchev–Trinajstić information content (AvgIpc) is 1.16. The molecular weight excluding hydrogens is 1940 g/mol. The van der Waals surface area contributed by atoms with E-state index in [1.807, 2.05) is 165 Å². The maximum Gasteiger partial charge on any atom is 0.569 e. The summed E-state index contributed by atoms with van der Waals surface area (Å²) in [4.78, 5) is 85.5. The van der Waals surface area contributed by atoms with Gasteiger partial charge in [0, 0.05) is 71.7 Å². The number of benzene rings is 11. The second-order valence-electron chi connectivity index (χ2n) is 33.7. The first-order chi connectivity index (χ1) is 63.6. The van der Waals surface area contributed by atoms with Gasteiger partial charge in [0.2, 0.25) is 0 Å². The molecule has 7 aromatic heterocycles. The van der Waals surface area contributed by atoms with Crippen molar-refractivity contribution < 1.29 is 9.68 Å². The molecule has 24 nitrogen and oxygen atoms in total. The summed E-state index contributed by atoms with van der Waals surface area (Å²) in [6.07, 6.45) is 10.4. The first kappa shape index (κ1) is 93.4. The highest BCUT2D eigenvalue weighted by molar-refractivity contribution is 9.11. The third-order valence-corrected chi connectivity index (χ3v) is 27.7. The summed E-state index contributed by atoms with van der Waals surface area (Å²) >= 11 is 36.4. The molecule has 132 heavy (non-hydrogen) atoms. The zero-order valence-corrected chi connectivity index (χ0v) is 81.7. The standard InChI is InChI=1S/C30H30ClN5O.C23H17BrClN5O.C22H23BrClN3O.C17H14BrClN2O2.C8H8BN2O2/c1-18(2)20-9-5-6-10-26(20)36-27-16-21(28-19(3)11-12-25-23(28)17-32-34-25)24(31)15-22(27)29(33-30(36)37)35-13-7-4-8-14-35;1-13(2)14-7-3-5-9-19(14)29-21-12-16(24)17(25)11-15(21)22(26-23(29)31)30-20-10-6-4-8-18(20)27-28-30;1-14(2)15-8-4-5-9-19(15)27-20-13-17(23)18(24)12-16(20)21(25-22(27)28)26-10-6-3-7-11-26;1-9(2)10-5-3-4-6-14(10)21-15-8-12(18)13(19)7-11(15)16(22)20-17(21)23;1-5-2-3-7-6(4-10-11-7)8(5)13-9-12/h5-6,9-12,15-18H,4,7-8,13-14H2,1-3H3,(H,32,34);3-13H,1-2H3;4-5,8-9,12-14H,3,6-7,10-11H2,1-2H3;3-9H,1-2H3,(H,20,22,23);2-4,12H,1H3,(H,10,11). The Morgan fingerprint density at radius 1 is 0.409 bits per heavy atom. The first-order valence-corrected chi connectivity index (χ1v) is 47.4. The Balaban J connectivity index is 0.000000124. The number of aryl methyl sites for hydroxylation is 2. The van der Waals surface area contributed by atoms with Crippen LogP contribution in [0.5, 0.6) is 5.75 Å². The molecule has 2 saturated heterocycles. The molecule has 1 radical (unpaired) electrons. The molecule has 0 aliphatic carbocycles. The van der Waals surface area contributed by atoms with Gasteiger partial charge in [-0.15, -0.1) is 5.10 Å². The highest BCUT2D eigenvalue weighted by Crippen LogP contribution is 2.43. The summed E-state index contributed by atoms with van der Waals surface area (Å²) in [5.41, 5.74) is 15.8. The van der Waals surface area contributed by atoms with Crippen molar-refractivity contribution in [3.05, 3.63) is 326 Å². The number of rotatable bonds is 14. The van der Waals surface area contributed by atoms with E-state index in [4.69, 9.17) is 56.1 Å². The molecule has 2 aliphatic heterocycles. The fraction of sp³-hybridized carbons (Fsp3) is 0.240. The Kier molecular flexibility index (Phi) is 28.5. The minimum Gasteiger partial charge on any atom is -0.537 e. The summed E-state index contributed by atoms with van der Waals surface area (Å²) in [6.45, 7) is 24.5. The van der Waals surface area contributed by atoms with Gasteiger partial charge >= 0.3 is 30.4 Å². The molecule has 20 rings (SSSR count). The number of hydrogen-bond acceptors (Lipinski definition) is 16. The molecule has 18 aromatic rings. The molecule has 0 saturated carbocycles. The number of halogens is 7. The van der Waals surface area contributed by atoms with Gasteiger partial charge in [0.1, 0.15) is 22.9 Å². The highest BCUT2D eigenvalue weighted by Gasteiger charge is 2.28. The average molecular weight is 2040 g/mol. The van der Waals surface area contributed by atoms with Crippen molar-refractivity contribution in [1.82, 2.24) is 73.6 Å². The smallest absolute Gasteiger partial charge is 0.537 e. The van der Waals surface area contributed by atoms with Crippen LogP contribution in [0.2, 0.25) is 20.1 Å². The van der Waals surface area contributed by atoms with Gasteiger partial charge in [-0.2, -0.15) is 29.8 Å². The molecule has 4 N–H and O–H groups in total. The minimum atomic E-state index is -0.468. The fourth-order valence-electron chi connectivity index (χ4n) is 17.4. The van der Waals surface area contributed by atoms with E-state index in [1.165, 1.54) is 17.4 Å². The predicted octanol–water partition coefficient (Wildman–Crippen LogP) is 23.6. The van der Waals surface area contributed by atoms with Crippen molar-refractivity contribution in [1.29, 1.82) is 0 Å². The number of nitrogens with zero attached hydrogens (tertiary/aromatic N) is 14. The lowest BCUT2D eigenvalue weighted by Crippen LogP contribution is -2.34. The molecular formula is C100H92BBr3Cl4N17O7. The molecule has 0 unspecified atom stereocenters. The van der Waals surface area contributed by atoms with Crippen molar-refractivity contribution in [2.75, 3.05) is 36.0 Å². The van der Waals surface area contributed by atoms with Gasteiger partial charge in [0.25, 0.3) is 5.56 Å². The highest BCUT2D eigenvalue weighted by atomic mass is 79.9. The van der Waals surface area contributed by atoms with E-state index in [0.717, 1.165) is 190 Å². The van der Waals surface area contributed by atoms with Crippen LogP contribution in [-0.4, -0.2) is 112 Å². The van der Waals surface area contributed by atoms with Gasteiger partial charge in [0.05, 0.1) is 99.6 Å². The number of piperidine rings is 2. The molecule has 0 atom stereocenters. The number of nitrogens with one attached hydrogen (secondary N) is 3. The van der Waals surface area contributed by atoms with Crippen molar-refractivity contribution in [2.24, 2.45) is 0 Å². The van der Waals surface area contributed by atoms with Crippen molar-refractivity contribution in [3.8, 4) is 45.4 Å². The van der Waals surface area contributed by atoms with Gasteiger partial charge in [-0.25, -0.2) is 19.2 Å². The van der Waals surface area contributed by atoms with Crippen molar-refractivity contribution in [2.45, 2.75) is 131 Å². The summed E-state index contributed by atoms with van der Waals surface area (Å²) in [5.74, 6) is 3.49. The number of anilines is 2. The summed E-state index contributed by atoms with van der Waals surface area (Å²) in [5, 5.41) is 38.0. The SMILES string of the molecule is CC(C)c1ccccc1-n1c(=O)[nH]c(=O)c2cc(Cl)c(Br)cc21.CC(C)c1ccccc1-n1c(=O)nc(-n2nnc3ccccc32)c2cc(Cl)c(Br)cc21.CC(C)c1ccccc1-n1c(=O)nc(N2CCCCC2)c2cc(Cl)c(Br)cc21.Cc1ccc2[nH]ncc2c1-c1cc2c(cc1Cl)c(N1CCCCC1)nc(=O)n2-c1ccccc1C(C)C.Cc1ccc2[nH]ncc2c1O[B]O. The number of hydrogen-bond donors (Lipinski definition) is 4. The van der Waals surface area contributed by atoms with Crippen LogP contribution in [0.25, 0.3) is 116 Å². The van der Waals surface area contributed by atoms with Gasteiger partial charge < -0.3 is 19.5 Å². The Morgan fingerprint density at radius 3 is 1.25 bits per heavy atom. The summed E-state index contributed by atoms with van der Waals surface area (Å²) in [7, 11) is 0.675. The second kappa shape index (κ2) is 40.3. The lowest BCUT2D eigenvalue weighted by molar-refractivity contribution is 0.455. The lowest BCUT2D eigenvalue weighted by atomic mass is 9.95. The molecule has 2 fully saturated rings. The number of fused-ring (bicyclic) bond motifs is 7. The van der Waals surface area contributed by atoms with Crippen molar-refractivity contribution in [3.63, 3.8) is 0 Å². The Morgan fingerprint density at radius 2 is 0.788 bits per heavy atom. The maximum atomic E-state index is 13.8. The van der Waals surface area contributed by atoms with E-state index in [9.17, 15) is 24.0 Å². The van der Waals surface area contributed by atoms with Crippen LogP contribution in [0.1, 0.15) is 151 Å². The Bertz CT molecular complexity index is 7790. The number of aromatic amines is 3. The zero-order valence-electron chi connectivity index (χ0n) is 73.9. The van der Waals surface area contributed by atoms with E-state index in [0.29, 0.717) is 70.1 Å². The third-order valence-electron chi connectivity index (χ3n) is 23.8. The fourth-order valence-corrected chi connectivity index (χ4v) is 19.1. The quantitative estimate of drug-likeness (QED) is 0.0736. The monoisotopic (exact) mass is 2030 g/mol. The number of H-pyrrole nitrogens is 3. The molecule has 0 bridgehead atoms. The minimum absolute atomic E-state index is 0.229. The van der Waals surface area contributed by atoms with Gasteiger partial charge in [-0.1, -0.05) is 204 Å². The molecule has 0 amide bonds. The van der Waals surface area contributed by atoms with Gasteiger partial charge in [-0.05, 0) is 260 Å². The molecule has 9 heterocycles.